The highest BCUT2D eigenvalue weighted by Gasteiger charge is 2.26. The van der Waals surface area contributed by atoms with E-state index in [0.29, 0.717) is 5.92 Å². The SMILES string of the molecule is CCCCCCCCCCCCC(C(=O)O)C1C=CCC1. The lowest BCUT2D eigenvalue weighted by Gasteiger charge is -2.17. The quantitative estimate of drug-likeness (QED) is 0.336. The van der Waals surface area contributed by atoms with Gasteiger partial charge in [-0.3, -0.25) is 4.79 Å². The third-order valence-electron chi connectivity index (χ3n) is 4.75. The average molecular weight is 294 g/mol. The molecule has 1 N–H and O–H groups in total. The molecule has 2 heteroatoms. The van der Waals surface area contributed by atoms with Crippen molar-refractivity contribution in [2.24, 2.45) is 11.8 Å². The van der Waals surface area contributed by atoms with Gasteiger partial charge in [0.15, 0.2) is 0 Å². The van der Waals surface area contributed by atoms with Crippen LogP contribution in [0.1, 0.15) is 90.4 Å². The van der Waals surface area contributed by atoms with Crippen LogP contribution in [0.15, 0.2) is 12.2 Å². The standard InChI is InChI=1S/C19H34O2/c1-2-3-4-5-6-7-8-9-10-11-16-18(19(20)21)17-14-12-13-15-17/h12,14,17-18H,2-11,13,15-16H2,1H3,(H,20,21). The van der Waals surface area contributed by atoms with E-state index < -0.39 is 5.97 Å². The second-order valence-corrected chi connectivity index (χ2v) is 6.58. The van der Waals surface area contributed by atoms with Crippen LogP contribution in [0.5, 0.6) is 0 Å². The smallest absolute Gasteiger partial charge is 0.307 e. The zero-order valence-corrected chi connectivity index (χ0v) is 13.9. The number of hydrogen-bond acceptors (Lipinski definition) is 1. The molecule has 0 aromatic rings. The third-order valence-corrected chi connectivity index (χ3v) is 4.75. The lowest BCUT2D eigenvalue weighted by Crippen LogP contribution is -2.21. The molecule has 1 aliphatic carbocycles. The van der Waals surface area contributed by atoms with Crippen molar-refractivity contribution in [2.45, 2.75) is 90.4 Å². The summed E-state index contributed by atoms with van der Waals surface area (Å²) in [6, 6.07) is 0. The van der Waals surface area contributed by atoms with E-state index in [0.717, 1.165) is 25.7 Å². The minimum absolute atomic E-state index is 0.141. The molecule has 0 aromatic carbocycles. The number of allylic oxidation sites excluding steroid dienone is 2. The van der Waals surface area contributed by atoms with Crippen LogP contribution in [0.3, 0.4) is 0 Å². The Kier molecular flexibility index (Phi) is 10.3. The first-order valence-electron chi connectivity index (χ1n) is 9.15. The number of rotatable bonds is 13. The molecule has 0 fully saturated rings. The first-order valence-corrected chi connectivity index (χ1v) is 9.15. The number of carbonyl (C=O) groups is 1. The van der Waals surface area contributed by atoms with Gasteiger partial charge in [-0.25, -0.2) is 0 Å². The molecule has 0 heterocycles. The van der Waals surface area contributed by atoms with Crippen LogP contribution in [0.25, 0.3) is 0 Å². The molecule has 122 valence electrons. The van der Waals surface area contributed by atoms with E-state index in [1.54, 1.807) is 0 Å². The third kappa shape index (κ3) is 8.28. The predicted octanol–water partition coefficient (Wildman–Crippen LogP) is 5.96. The zero-order chi connectivity index (χ0) is 15.3. The van der Waals surface area contributed by atoms with Gasteiger partial charge < -0.3 is 5.11 Å². The first-order chi connectivity index (χ1) is 10.3. The van der Waals surface area contributed by atoms with Crippen molar-refractivity contribution in [3.8, 4) is 0 Å². The Morgan fingerprint density at radius 1 is 1.05 bits per heavy atom. The van der Waals surface area contributed by atoms with Crippen LogP contribution in [0, 0.1) is 11.8 Å². The minimum Gasteiger partial charge on any atom is -0.481 e. The van der Waals surface area contributed by atoms with Crippen molar-refractivity contribution in [3.05, 3.63) is 12.2 Å². The molecule has 21 heavy (non-hydrogen) atoms. The highest BCUT2D eigenvalue weighted by molar-refractivity contribution is 5.70. The summed E-state index contributed by atoms with van der Waals surface area (Å²) in [6.45, 7) is 2.26. The zero-order valence-electron chi connectivity index (χ0n) is 13.9. The van der Waals surface area contributed by atoms with Crippen LogP contribution >= 0.6 is 0 Å². The average Bonchev–Trinajstić information content (AvgIpc) is 2.98. The largest absolute Gasteiger partial charge is 0.481 e. The summed E-state index contributed by atoms with van der Waals surface area (Å²) in [5.41, 5.74) is 0. The number of carboxylic acids is 1. The molecule has 2 unspecified atom stereocenters. The predicted molar refractivity (Wildman–Crippen MR) is 89.5 cm³/mol. The molecule has 0 amide bonds. The van der Waals surface area contributed by atoms with Gasteiger partial charge >= 0.3 is 5.97 Å². The molecule has 2 atom stereocenters. The Morgan fingerprint density at radius 3 is 2.10 bits per heavy atom. The van der Waals surface area contributed by atoms with E-state index in [1.807, 2.05) is 0 Å². The monoisotopic (exact) mass is 294 g/mol. The minimum atomic E-state index is -0.595. The second-order valence-electron chi connectivity index (χ2n) is 6.58. The molecule has 1 rings (SSSR count). The summed E-state index contributed by atoms with van der Waals surface area (Å²) in [5, 5.41) is 9.34. The second kappa shape index (κ2) is 11.8. The first kappa shape index (κ1) is 18.3. The van der Waals surface area contributed by atoms with Gasteiger partial charge in [-0.1, -0.05) is 83.3 Å². The maximum atomic E-state index is 11.3. The van der Waals surface area contributed by atoms with Gasteiger partial charge in [0, 0.05) is 0 Å². The number of unbranched alkanes of at least 4 members (excludes halogenated alkanes) is 9. The van der Waals surface area contributed by atoms with E-state index in [2.05, 4.69) is 19.1 Å². The van der Waals surface area contributed by atoms with Crippen LogP contribution in [-0.4, -0.2) is 11.1 Å². The Labute approximate surface area is 131 Å². The van der Waals surface area contributed by atoms with Crippen LogP contribution in [0.2, 0.25) is 0 Å². The van der Waals surface area contributed by atoms with E-state index in [4.69, 9.17) is 0 Å². The van der Waals surface area contributed by atoms with Crippen molar-refractivity contribution < 1.29 is 9.90 Å². The number of aliphatic carboxylic acids is 1. The summed E-state index contributed by atoms with van der Waals surface area (Å²) >= 11 is 0. The Balaban J connectivity index is 1.97. The summed E-state index contributed by atoms with van der Waals surface area (Å²) in [7, 11) is 0. The van der Waals surface area contributed by atoms with Crippen LogP contribution < -0.4 is 0 Å². The summed E-state index contributed by atoms with van der Waals surface area (Å²) in [4.78, 5) is 11.3. The fourth-order valence-corrected chi connectivity index (χ4v) is 3.36. The van der Waals surface area contributed by atoms with E-state index in [1.165, 1.54) is 57.8 Å². The molecule has 0 spiro atoms. The molecule has 0 saturated carbocycles. The van der Waals surface area contributed by atoms with Crippen LogP contribution in [-0.2, 0) is 4.79 Å². The van der Waals surface area contributed by atoms with Gasteiger partial charge in [-0.2, -0.15) is 0 Å². The summed E-state index contributed by atoms with van der Waals surface area (Å²) in [6.07, 6.45) is 20.3. The summed E-state index contributed by atoms with van der Waals surface area (Å²) < 4.78 is 0. The van der Waals surface area contributed by atoms with Crippen molar-refractivity contribution >= 4 is 5.97 Å². The molecule has 0 bridgehead atoms. The van der Waals surface area contributed by atoms with Gasteiger partial charge in [-0.15, -0.1) is 0 Å². The molecule has 1 aliphatic rings. The van der Waals surface area contributed by atoms with Gasteiger partial charge in [0.1, 0.15) is 0 Å². The molecule has 0 saturated heterocycles. The van der Waals surface area contributed by atoms with Gasteiger partial charge in [0.25, 0.3) is 0 Å². The molecular formula is C19H34O2. The van der Waals surface area contributed by atoms with Crippen molar-refractivity contribution in [1.29, 1.82) is 0 Å². The van der Waals surface area contributed by atoms with Gasteiger partial charge in [-0.05, 0) is 25.2 Å². The highest BCUT2D eigenvalue weighted by Crippen LogP contribution is 2.29. The van der Waals surface area contributed by atoms with Crippen molar-refractivity contribution in [2.75, 3.05) is 0 Å². The Hall–Kier alpha value is -0.790. The topological polar surface area (TPSA) is 37.3 Å². The molecule has 0 radical (unpaired) electrons. The van der Waals surface area contributed by atoms with E-state index in [9.17, 15) is 9.90 Å². The van der Waals surface area contributed by atoms with Gasteiger partial charge in [0.2, 0.25) is 0 Å². The molecule has 2 nitrogen and oxygen atoms in total. The van der Waals surface area contributed by atoms with E-state index in [-0.39, 0.29) is 5.92 Å². The van der Waals surface area contributed by atoms with Crippen molar-refractivity contribution in [1.82, 2.24) is 0 Å². The molecule has 0 aromatic heterocycles. The number of hydrogen-bond donors (Lipinski definition) is 1. The highest BCUT2D eigenvalue weighted by atomic mass is 16.4. The lowest BCUT2D eigenvalue weighted by molar-refractivity contribution is -0.143. The maximum Gasteiger partial charge on any atom is 0.307 e. The fraction of sp³-hybridized carbons (Fsp3) is 0.842. The van der Waals surface area contributed by atoms with Gasteiger partial charge in [0.05, 0.1) is 5.92 Å². The molecular weight excluding hydrogens is 260 g/mol. The fourth-order valence-electron chi connectivity index (χ4n) is 3.36. The lowest BCUT2D eigenvalue weighted by atomic mass is 9.87. The summed E-state index contributed by atoms with van der Waals surface area (Å²) in [5.74, 6) is -0.443. The molecule has 0 aliphatic heterocycles. The Morgan fingerprint density at radius 2 is 1.62 bits per heavy atom. The normalized spacial score (nSPS) is 19.0. The van der Waals surface area contributed by atoms with E-state index >= 15 is 0 Å². The number of carboxylic acid groups (broad SMARTS) is 1. The van der Waals surface area contributed by atoms with Crippen LogP contribution in [0.4, 0.5) is 0 Å². The van der Waals surface area contributed by atoms with Crippen molar-refractivity contribution in [3.63, 3.8) is 0 Å². The maximum absolute atomic E-state index is 11.3. The Bertz CT molecular complexity index is 296.